The number of carbonyl (C=O) groups excluding carboxylic acids is 1. The number of carbonyl (C=O) groups is 1. The summed E-state index contributed by atoms with van der Waals surface area (Å²) < 4.78 is 25.8. The Kier molecular flexibility index (Phi) is 4.01. The predicted octanol–water partition coefficient (Wildman–Crippen LogP) is 3.15. The normalized spacial score (nSPS) is 12.6. The van der Waals surface area contributed by atoms with Crippen molar-refractivity contribution >= 4 is 33.3 Å². The highest BCUT2D eigenvalue weighted by Gasteiger charge is 2.19. The fraction of sp³-hybridized carbons (Fsp3) is 0.222. The van der Waals surface area contributed by atoms with Crippen molar-refractivity contribution in [3.8, 4) is 0 Å². The van der Waals surface area contributed by atoms with Crippen LogP contribution in [0.3, 0.4) is 0 Å². The number of halogens is 4. The molecule has 5 heteroatoms. The number of rotatable bonds is 3. The van der Waals surface area contributed by atoms with Crippen LogP contribution in [0.2, 0.25) is 0 Å². The summed E-state index contributed by atoms with van der Waals surface area (Å²) in [6.45, 7) is 0. The molecule has 0 amide bonds. The van der Waals surface area contributed by atoms with Crippen LogP contribution in [0.25, 0.3) is 0 Å². The molecule has 0 aromatic heterocycles. The van der Waals surface area contributed by atoms with Gasteiger partial charge >= 0.3 is 0 Å². The van der Waals surface area contributed by atoms with Crippen molar-refractivity contribution in [2.24, 2.45) is 0 Å². The van der Waals surface area contributed by atoms with E-state index in [1.165, 1.54) is 0 Å². The average Bonchev–Trinajstić information content (AvgIpc) is 2.19. The van der Waals surface area contributed by atoms with E-state index in [0.717, 1.165) is 18.2 Å². The molecule has 1 rings (SSSR count). The average molecular weight is 283 g/mol. The molecule has 0 bridgehead atoms. The number of benzene rings is 1. The quantitative estimate of drug-likeness (QED) is 0.615. The minimum atomic E-state index is -0.744. The van der Waals surface area contributed by atoms with E-state index in [4.69, 9.17) is 11.6 Å². The molecule has 0 aliphatic heterocycles. The fourth-order valence-electron chi connectivity index (χ4n) is 0.925. The Morgan fingerprint density at radius 2 is 2.14 bits per heavy atom. The van der Waals surface area contributed by atoms with Gasteiger partial charge in [0.05, 0.1) is 10.4 Å². The fourth-order valence-corrected chi connectivity index (χ4v) is 1.31. The third kappa shape index (κ3) is 2.51. The minimum Gasteiger partial charge on any atom is -0.293 e. The van der Waals surface area contributed by atoms with Gasteiger partial charge in [-0.2, -0.15) is 0 Å². The van der Waals surface area contributed by atoms with Crippen LogP contribution in [0, 0.1) is 11.6 Å². The standard InChI is InChI=1S/C9H6BrClF2O/c10-7(4-11)9(14)6-3-5(12)1-2-8(6)13/h1-3,7H,4H2. The lowest BCUT2D eigenvalue weighted by Crippen LogP contribution is -2.17. The summed E-state index contributed by atoms with van der Waals surface area (Å²) in [6.07, 6.45) is 0. The van der Waals surface area contributed by atoms with E-state index in [-0.39, 0.29) is 11.4 Å². The molecule has 0 aliphatic carbocycles. The van der Waals surface area contributed by atoms with Gasteiger partial charge in [-0.1, -0.05) is 15.9 Å². The maximum absolute atomic E-state index is 13.1. The summed E-state index contributed by atoms with van der Waals surface area (Å²) in [5.74, 6) is -1.94. The maximum atomic E-state index is 13.1. The number of alkyl halides is 2. The number of hydrogen-bond acceptors (Lipinski definition) is 1. The molecular formula is C9H6BrClF2O. The molecule has 0 aliphatic rings. The van der Waals surface area contributed by atoms with Gasteiger partial charge in [0.2, 0.25) is 0 Å². The second-order valence-corrected chi connectivity index (χ2v) is 4.02. The summed E-state index contributed by atoms with van der Waals surface area (Å²) in [4.78, 5) is 10.7. The van der Waals surface area contributed by atoms with E-state index in [9.17, 15) is 13.6 Å². The van der Waals surface area contributed by atoms with Crippen molar-refractivity contribution in [2.75, 3.05) is 5.88 Å². The van der Waals surface area contributed by atoms with Gasteiger partial charge in [-0.05, 0) is 18.2 Å². The van der Waals surface area contributed by atoms with E-state index in [2.05, 4.69) is 15.9 Å². The molecular weight excluding hydrogens is 277 g/mol. The zero-order chi connectivity index (χ0) is 10.7. The molecule has 1 aromatic carbocycles. The molecule has 0 radical (unpaired) electrons. The summed E-state index contributed by atoms with van der Waals surface area (Å²) >= 11 is 8.37. The summed E-state index contributed by atoms with van der Waals surface area (Å²) in [5.41, 5.74) is -0.285. The number of ketones is 1. The van der Waals surface area contributed by atoms with Crippen molar-refractivity contribution in [2.45, 2.75) is 4.83 Å². The first-order valence-electron chi connectivity index (χ1n) is 3.75. The Bertz CT molecular complexity index is 357. The van der Waals surface area contributed by atoms with Gasteiger partial charge < -0.3 is 0 Å². The van der Waals surface area contributed by atoms with Crippen LogP contribution in [0.15, 0.2) is 18.2 Å². The molecule has 0 spiro atoms. The molecule has 1 aromatic rings. The van der Waals surface area contributed by atoms with Gasteiger partial charge in [-0.3, -0.25) is 4.79 Å². The zero-order valence-electron chi connectivity index (χ0n) is 6.94. The molecule has 14 heavy (non-hydrogen) atoms. The smallest absolute Gasteiger partial charge is 0.180 e. The van der Waals surface area contributed by atoms with Crippen molar-refractivity contribution in [1.82, 2.24) is 0 Å². The van der Waals surface area contributed by atoms with Crippen LogP contribution in [0.1, 0.15) is 10.4 Å². The number of hydrogen-bond donors (Lipinski definition) is 0. The first-order chi connectivity index (χ1) is 6.56. The largest absolute Gasteiger partial charge is 0.293 e. The highest BCUT2D eigenvalue weighted by Crippen LogP contribution is 2.16. The topological polar surface area (TPSA) is 17.1 Å². The molecule has 0 heterocycles. The molecule has 0 saturated heterocycles. The lowest BCUT2D eigenvalue weighted by atomic mass is 10.1. The van der Waals surface area contributed by atoms with Gasteiger partial charge in [-0.25, -0.2) is 8.78 Å². The Morgan fingerprint density at radius 1 is 1.50 bits per heavy atom. The van der Waals surface area contributed by atoms with E-state index >= 15 is 0 Å². The molecule has 0 saturated carbocycles. The van der Waals surface area contributed by atoms with Gasteiger partial charge in [0.25, 0.3) is 0 Å². The van der Waals surface area contributed by atoms with Crippen LogP contribution < -0.4 is 0 Å². The van der Waals surface area contributed by atoms with Crippen molar-refractivity contribution in [3.63, 3.8) is 0 Å². The Labute approximate surface area is 93.2 Å². The van der Waals surface area contributed by atoms with Crippen LogP contribution >= 0.6 is 27.5 Å². The van der Waals surface area contributed by atoms with E-state index in [1.807, 2.05) is 0 Å². The number of Topliss-reactive ketones (excluding diaryl/α,β-unsaturated/α-hetero) is 1. The minimum absolute atomic E-state index is 0.00872. The first kappa shape index (κ1) is 11.6. The highest BCUT2D eigenvalue weighted by molar-refractivity contribution is 9.10. The predicted molar refractivity (Wildman–Crippen MR) is 54.1 cm³/mol. The third-order valence-corrected chi connectivity index (χ3v) is 3.03. The molecule has 1 nitrogen and oxygen atoms in total. The Morgan fingerprint density at radius 3 is 2.71 bits per heavy atom. The lowest BCUT2D eigenvalue weighted by Gasteiger charge is -2.05. The summed E-state index contributed by atoms with van der Waals surface area (Å²) in [6, 6.07) is 2.73. The lowest BCUT2D eigenvalue weighted by molar-refractivity contribution is 0.0992. The van der Waals surface area contributed by atoms with Crippen molar-refractivity contribution in [1.29, 1.82) is 0 Å². The molecule has 0 fully saturated rings. The van der Waals surface area contributed by atoms with Crippen LogP contribution in [0.5, 0.6) is 0 Å². The van der Waals surface area contributed by atoms with Crippen LogP contribution in [-0.2, 0) is 0 Å². The zero-order valence-corrected chi connectivity index (χ0v) is 9.28. The molecule has 1 unspecified atom stereocenters. The molecule has 0 N–H and O–H groups in total. The molecule has 76 valence electrons. The van der Waals surface area contributed by atoms with Gasteiger partial charge in [0, 0.05) is 5.88 Å². The van der Waals surface area contributed by atoms with Gasteiger partial charge in [0.15, 0.2) is 5.78 Å². The first-order valence-corrected chi connectivity index (χ1v) is 5.20. The van der Waals surface area contributed by atoms with Gasteiger partial charge in [-0.15, -0.1) is 11.6 Å². The van der Waals surface area contributed by atoms with E-state index in [0.29, 0.717) is 0 Å². The second kappa shape index (κ2) is 4.84. The van der Waals surface area contributed by atoms with Gasteiger partial charge in [0.1, 0.15) is 11.6 Å². The van der Waals surface area contributed by atoms with Crippen LogP contribution in [0.4, 0.5) is 8.78 Å². The SMILES string of the molecule is O=C(c1cc(F)ccc1F)C(Br)CCl. The molecule has 1 atom stereocenters. The maximum Gasteiger partial charge on any atom is 0.180 e. The Balaban J connectivity index is 3.06. The van der Waals surface area contributed by atoms with Crippen molar-refractivity contribution in [3.05, 3.63) is 35.4 Å². The summed E-state index contributed by atoms with van der Waals surface area (Å²) in [5, 5.41) is 0. The van der Waals surface area contributed by atoms with E-state index in [1.54, 1.807) is 0 Å². The van der Waals surface area contributed by atoms with Crippen molar-refractivity contribution < 1.29 is 13.6 Å². The summed E-state index contributed by atoms with van der Waals surface area (Å²) in [7, 11) is 0. The van der Waals surface area contributed by atoms with E-state index < -0.39 is 22.2 Å². The Hall–Kier alpha value is -0.480. The second-order valence-electron chi connectivity index (χ2n) is 2.61. The monoisotopic (exact) mass is 282 g/mol. The van der Waals surface area contributed by atoms with Crippen LogP contribution in [-0.4, -0.2) is 16.5 Å². The highest BCUT2D eigenvalue weighted by atomic mass is 79.9. The third-order valence-electron chi connectivity index (χ3n) is 1.61.